The van der Waals surface area contributed by atoms with Crippen molar-refractivity contribution in [3.63, 3.8) is 0 Å². The molecule has 1 aromatic carbocycles. The standard InChI is InChI=1S/C12H15N3O2/c1-3-17-11-6-4-10(5-7-11)15-8-12(9(2)16)13-14-15/h4-9,16H,3H2,1-2H3. The molecule has 0 aliphatic heterocycles. The Kier molecular flexibility index (Phi) is 3.39. The van der Waals surface area contributed by atoms with Crippen LogP contribution in [0.25, 0.3) is 5.69 Å². The lowest BCUT2D eigenvalue weighted by Gasteiger charge is -2.04. The summed E-state index contributed by atoms with van der Waals surface area (Å²) >= 11 is 0. The minimum absolute atomic E-state index is 0.555. The Morgan fingerprint density at radius 3 is 2.59 bits per heavy atom. The lowest BCUT2D eigenvalue weighted by Crippen LogP contribution is -1.96. The molecule has 2 rings (SSSR count). The smallest absolute Gasteiger partial charge is 0.119 e. The van der Waals surface area contributed by atoms with Crippen molar-refractivity contribution in [1.29, 1.82) is 0 Å². The molecule has 2 aromatic rings. The van der Waals surface area contributed by atoms with Crippen molar-refractivity contribution in [2.24, 2.45) is 0 Å². The van der Waals surface area contributed by atoms with E-state index in [1.165, 1.54) is 0 Å². The molecule has 5 heteroatoms. The predicted molar refractivity (Wildman–Crippen MR) is 63.2 cm³/mol. The van der Waals surface area contributed by atoms with E-state index in [0.717, 1.165) is 11.4 Å². The lowest BCUT2D eigenvalue weighted by atomic mass is 10.3. The molecule has 5 nitrogen and oxygen atoms in total. The maximum Gasteiger partial charge on any atom is 0.119 e. The molecule has 0 saturated heterocycles. The van der Waals surface area contributed by atoms with Crippen LogP contribution in [0.3, 0.4) is 0 Å². The number of rotatable bonds is 4. The van der Waals surface area contributed by atoms with Crippen LogP contribution in [-0.4, -0.2) is 26.7 Å². The fourth-order valence-electron chi connectivity index (χ4n) is 1.46. The molecular formula is C12H15N3O2. The molecule has 0 aliphatic rings. The molecule has 1 unspecified atom stereocenters. The van der Waals surface area contributed by atoms with E-state index in [2.05, 4.69) is 10.3 Å². The van der Waals surface area contributed by atoms with Crippen molar-refractivity contribution in [2.75, 3.05) is 6.61 Å². The van der Waals surface area contributed by atoms with E-state index in [0.29, 0.717) is 12.3 Å². The van der Waals surface area contributed by atoms with Crippen LogP contribution in [0.4, 0.5) is 0 Å². The van der Waals surface area contributed by atoms with Crippen LogP contribution in [0.1, 0.15) is 25.6 Å². The molecule has 1 aromatic heterocycles. The number of benzene rings is 1. The van der Waals surface area contributed by atoms with Gasteiger partial charge in [-0.25, -0.2) is 4.68 Å². The van der Waals surface area contributed by atoms with Crippen LogP contribution in [0.15, 0.2) is 30.5 Å². The molecule has 0 radical (unpaired) electrons. The summed E-state index contributed by atoms with van der Waals surface area (Å²) in [5.41, 5.74) is 1.44. The van der Waals surface area contributed by atoms with Crippen LogP contribution in [0.2, 0.25) is 0 Å². The van der Waals surface area contributed by atoms with Crippen molar-refractivity contribution in [3.8, 4) is 11.4 Å². The second-order valence-electron chi connectivity index (χ2n) is 3.69. The van der Waals surface area contributed by atoms with Crippen LogP contribution in [-0.2, 0) is 0 Å². The fraction of sp³-hybridized carbons (Fsp3) is 0.333. The van der Waals surface area contributed by atoms with Crippen molar-refractivity contribution >= 4 is 0 Å². The first-order valence-electron chi connectivity index (χ1n) is 5.54. The second kappa shape index (κ2) is 4.97. The van der Waals surface area contributed by atoms with Gasteiger partial charge in [-0.15, -0.1) is 5.10 Å². The molecular weight excluding hydrogens is 218 g/mol. The summed E-state index contributed by atoms with van der Waals surface area (Å²) in [6, 6.07) is 7.54. The average molecular weight is 233 g/mol. The highest BCUT2D eigenvalue weighted by molar-refractivity contribution is 5.36. The van der Waals surface area contributed by atoms with Gasteiger partial charge >= 0.3 is 0 Å². The summed E-state index contributed by atoms with van der Waals surface area (Å²) in [7, 11) is 0. The van der Waals surface area contributed by atoms with E-state index in [4.69, 9.17) is 4.74 Å². The van der Waals surface area contributed by atoms with Gasteiger partial charge in [0.15, 0.2) is 0 Å². The van der Waals surface area contributed by atoms with Crippen LogP contribution < -0.4 is 4.74 Å². The third-order valence-corrected chi connectivity index (χ3v) is 2.35. The summed E-state index contributed by atoms with van der Waals surface area (Å²) in [6.45, 7) is 4.25. The largest absolute Gasteiger partial charge is 0.494 e. The molecule has 0 amide bonds. The summed E-state index contributed by atoms with van der Waals surface area (Å²) in [4.78, 5) is 0. The topological polar surface area (TPSA) is 60.2 Å². The van der Waals surface area contributed by atoms with Crippen LogP contribution in [0, 0.1) is 0 Å². The normalized spacial score (nSPS) is 12.4. The van der Waals surface area contributed by atoms with E-state index in [1.807, 2.05) is 31.2 Å². The number of aliphatic hydroxyl groups is 1. The highest BCUT2D eigenvalue weighted by Crippen LogP contribution is 2.16. The maximum absolute atomic E-state index is 9.36. The average Bonchev–Trinajstić information content (AvgIpc) is 2.80. The van der Waals surface area contributed by atoms with Crippen molar-refractivity contribution in [1.82, 2.24) is 15.0 Å². The predicted octanol–water partition coefficient (Wildman–Crippen LogP) is 1.72. The minimum Gasteiger partial charge on any atom is -0.494 e. The van der Waals surface area contributed by atoms with Gasteiger partial charge in [-0.1, -0.05) is 5.21 Å². The third kappa shape index (κ3) is 2.62. The zero-order chi connectivity index (χ0) is 12.3. The summed E-state index contributed by atoms with van der Waals surface area (Å²) in [5, 5.41) is 17.2. The molecule has 1 heterocycles. The van der Waals surface area contributed by atoms with E-state index in [9.17, 15) is 5.11 Å². The summed E-state index contributed by atoms with van der Waals surface area (Å²) < 4.78 is 6.98. The monoisotopic (exact) mass is 233 g/mol. The summed E-state index contributed by atoms with van der Waals surface area (Å²) in [5.74, 6) is 0.826. The Bertz CT molecular complexity index is 477. The number of aliphatic hydroxyl groups excluding tert-OH is 1. The van der Waals surface area contributed by atoms with Gasteiger partial charge < -0.3 is 9.84 Å². The zero-order valence-electron chi connectivity index (χ0n) is 9.87. The SMILES string of the molecule is CCOc1ccc(-n2cc(C(C)O)nn2)cc1. The van der Waals surface area contributed by atoms with E-state index < -0.39 is 6.10 Å². The Morgan fingerprint density at radius 1 is 1.35 bits per heavy atom. The minimum atomic E-state index is -0.605. The molecule has 0 spiro atoms. The quantitative estimate of drug-likeness (QED) is 0.873. The fourth-order valence-corrected chi connectivity index (χ4v) is 1.46. The third-order valence-electron chi connectivity index (χ3n) is 2.35. The molecule has 90 valence electrons. The van der Waals surface area contributed by atoms with E-state index in [1.54, 1.807) is 17.8 Å². The molecule has 0 aliphatic carbocycles. The zero-order valence-corrected chi connectivity index (χ0v) is 9.87. The van der Waals surface area contributed by atoms with Crippen molar-refractivity contribution < 1.29 is 9.84 Å². The van der Waals surface area contributed by atoms with Gasteiger partial charge in [-0.05, 0) is 38.1 Å². The van der Waals surface area contributed by atoms with Gasteiger partial charge in [-0.3, -0.25) is 0 Å². The highest BCUT2D eigenvalue weighted by atomic mass is 16.5. The first kappa shape index (κ1) is 11.6. The molecule has 1 N–H and O–H groups in total. The van der Waals surface area contributed by atoms with Crippen LogP contribution >= 0.6 is 0 Å². The number of nitrogens with zero attached hydrogens (tertiary/aromatic N) is 3. The maximum atomic E-state index is 9.36. The first-order valence-corrected chi connectivity index (χ1v) is 5.54. The Balaban J connectivity index is 2.21. The van der Waals surface area contributed by atoms with E-state index >= 15 is 0 Å². The van der Waals surface area contributed by atoms with E-state index in [-0.39, 0.29) is 0 Å². The highest BCUT2D eigenvalue weighted by Gasteiger charge is 2.07. The number of aromatic nitrogens is 3. The Hall–Kier alpha value is -1.88. The molecule has 0 bridgehead atoms. The van der Waals surface area contributed by atoms with Gasteiger partial charge in [0.2, 0.25) is 0 Å². The number of ether oxygens (including phenoxy) is 1. The van der Waals surface area contributed by atoms with Gasteiger partial charge in [-0.2, -0.15) is 0 Å². The Morgan fingerprint density at radius 2 is 2.06 bits per heavy atom. The molecule has 17 heavy (non-hydrogen) atoms. The van der Waals surface area contributed by atoms with Crippen LogP contribution in [0.5, 0.6) is 5.75 Å². The Labute approximate surface area is 99.7 Å². The number of hydrogen-bond acceptors (Lipinski definition) is 4. The number of hydrogen-bond donors (Lipinski definition) is 1. The van der Waals surface area contributed by atoms with Gasteiger partial charge in [0, 0.05) is 0 Å². The van der Waals surface area contributed by atoms with Crippen molar-refractivity contribution in [3.05, 3.63) is 36.2 Å². The van der Waals surface area contributed by atoms with Gasteiger partial charge in [0.05, 0.1) is 24.6 Å². The molecule has 1 atom stereocenters. The second-order valence-corrected chi connectivity index (χ2v) is 3.69. The van der Waals surface area contributed by atoms with Gasteiger partial charge in [0.25, 0.3) is 0 Å². The summed E-state index contributed by atoms with van der Waals surface area (Å²) in [6.07, 6.45) is 1.10. The molecule has 0 saturated carbocycles. The first-order chi connectivity index (χ1) is 8.20. The lowest BCUT2D eigenvalue weighted by molar-refractivity contribution is 0.194. The van der Waals surface area contributed by atoms with Crippen molar-refractivity contribution in [2.45, 2.75) is 20.0 Å². The molecule has 0 fully saturated rings. The van der Waals surface area contributed by atoms with Gasteiger partial charge in [0.1, 0.15) is 11.4 Å².